The third-order valence-electron chi connectivity index (χ3n) is 3.40. The van der Waals surface area contributed by atoms with Crippen LogP contribution in [0.4, 0.5) is 5.00 Å². The fraction of sp³-hybridized carbons (Fsp3) is 0.235. The Morgan fingerprint density at radius 1 is 1.36 bits per heavy atom. The van der Waals surface area contributed by atoms with Crippen molar-refractivity contribution in [1.82, 2.24) is 4.37 Å². The van der Waals surface area contributed by atoms with Crippen molar-refractivity contribution < 1.29 is 23.8 Å². The average Bonchev–Trinajstić information content (AvgIpc) is 3.19. The lowest BCUT2D eigenvalue weighted by molar-refractivity contribution is -0.111. The zero-order valence-electron chi connectivity index (χ0n) is 13.7. The van der Waals surface area contributed by atoms with E-state index in [2.05, 4.69) is 9.69 Å². The largest absolute Gasteiger partial charge is 0.462 e. The molecule has 1 aromatic heterocycles. The molecule has 2 heterocycles. The second kappa shape index (κ2) is 7.35. The Balaban J connectivity index is 1.70. The summed E-state index contributed by atoms with van der Waals surface area (Å²) in [6, 6.07) is 5.39. The summed E-state index contributed by atoms with van der Waals surface area (Å²) in [5, 5.41) is 3.04. The zero-order chi connectivity index (χ0) is 17.8. The minimum absolute atomic E-state index is 0.199. The number of ether oxygens (including phenoxy) is 3. The van der Waals surface area contributed by atoms with Gasteiger partial charge >= 0.3 is 5.97 Å². The number of aromatic nitrogens is 1. The van der Waals surface area contributed by atoms with Crippen LogP contribution in [0.2, 0.25) is 0 Å². The number of anilines is 1. The number of benzene rings is 1. The van der Waals surface area contributed by atoms with Crippen molar-refractivity contribution in [3.05, 3.63) is 41.1 Å². The number of nitrogens with one attached hydrogen (secondary N) is 1. The van der Waals surface area contributed by atoms with E-state index in [1.165, 1.54) is 6.08 Å². The molecule has 1 N–H and O–H groups in total. The van der Waals surface area contributed by atoms with Gasteiger partial charge in [0.1, 0.15) is 10.6 Å². The van der Waals surface area contributed by atoms with E-state index in [4.69, 9.17) is 14.2 Å². The summed E-state index contributed by atoms with van der Waals surface area (Å²) >= 11 is 1.04. The van der Waals surface area contributed by atoms with Gasteiger partial charge in [0.25, 0.3) is 0 Å². The van der Waals surface area contributed by atoms with Gasteiger partial charge in [0.2, 0.25) is 12.7 Å². The van der Waals surface area contributed by atoms with Gasteiger partial charge in [-0.3, -0.25) is 4.79 Å². The maximum atomic E-state index is 12.1. The fourth-order valence-electron chi connectivity index (χ4n) is 2.24. The smallest absolute Gasteiger partial charge is 0.343 e. The molecule has 3 rings (SSSR count). The molecule has 0 atom stereocenters. The molecule has 25 heavy (non-hydrogen) atoms. The summed E-state index contributed by atoms with van der Waals surface area (Å²) in [6.07, 6.45) is 3.02. The Hall–Kier alpha value is -2.87. The van der Waals surface area contributed by atoms with Gasteiger partial charge in [-0.25, -0.2) is 4.79 Å². The number of nitrogens with zero attached hydrogens (tertiary/aromatic N) is 1. The van der Waals surface area contributed by atoms with Crippen molar-refractivity contribution in [2.24, 2.45) is 0 Å². The van der Waals surface area contributed by atoms with Gasteiger partial charge in [-0.05, 0) is 49.2 Å². The maximum Gasteiger partial charge on any atom is 0.343 e. The molecule has 0 saturated carbocycles. The molecule has 8 heteroatoms. The summed E-state index contributed by atoms with van der Waals surface area (Å²) in [7, 11) is 0. The summed E-state index contributed by atoms with van der Waals surface area (Å²) < 4.78 is 19.6. The fourth-order valence-corrected chi connectivity index (χ4v) is 3.03. The molecule has 0 unspecified atom stereocenters. The molecule has 1 aliphatic heterocycles. The van der Waals surface area contributed by atoms with Gasteiger partial charge in [0, 0.05) is 6.08 Å². The van der Waals surface area contributed by atoms with E-state index >= 15 is 0 Å². The number of rotatable bonds is 5. The second-order valence-electron chi connectivity index (χ2n) is 5.13. The molecule has 2 aromatic rings. The van der Waals surface area contributed by atoms with Crippen molar-refractivity contribution in [2.45, 2.75) is 13.8 Å². The second-order valence-corrected chi connectivity index (χ2v) is 5.90. The van der Waals surface area contributed by atoms with Crippen molar-refractivity contribution in [3.8, 4) is 11.5 Å². The Labute approximate surface area is 148 Å². The van der Waals surface area contributed by atoms with E-state index in [0.717, 1.165) is 17.1 Å². The summed E-state index contributed by atoms with van der Waals surface area (Å²) in [4.78, 5) is 24.1. The molecule has 0 bridgehead atoms. The molecule has 1 aliphatic rings. The Morgan fingerprint density at radius 3 is 2.96 bits per heavy atom. The minimum Gasteiger partial charge on any atom is -0.462 e. The molecular formula is C17H16N2O5S. The zero-order valence-corrected chi connectivity index (χ0v) is 14.5. The highest BCUT2D eigenvalue weighted by Crippen LogP contribution is 2.32. The predicted octanol–water partition coefficient (Wildman–Crippen LogP) is 3.01. The van der Waals surface area contributed by atoms with Crippen LogP contribution >= 0.6 is 11.5 Å². The van der Waals surface area contributed by atoms with E-state index in [1.807, 2.05) is 6.07 Å². The van der Waals surface area contributed by atoms with Crippen molar-refractivity contribution in [2.75, 3.05) is 18.7 Å². The van der Waals surface area contributed by atoms with Gasteiger partial charge < -0.3 is 19.5 Å². The number of amides is 1. The lowest BCUT2D eigenvalue weighted by atomic mass is 10.2. The lowest BCUT2D eigenvalue weighted by Crippen LogP contribution is -2.12. The van der Waals surface area contributed by atoms with Crippen LogP contribution in [-0.2, 0) is 9.53 Å². The minimum atomic E-state index is -0.496. The first kappa shape index (κ1) is 17.0. The molecule has 0 spiro atoms. The molecule has 0 radical (unpaired) electrons. The van der Waals surface area contributed by atoms with E-state index in [9.17, 15) is 9.59 Å². The number of carbonyl (C=O) groups excluding carboxylic acids is 2. The first-order chi connectivity index (χ1) is 12.1. The van der Waals surface area contributed by atoms with Crippen LogP contribution in [0.5, 0.6) is 11.5 Å². The van der Waals surface area contributed by atoms with Gasteiger partial charge in [-0.2, -0.15) is 4.37 Å². The predicted molar refractivity (Wildman–Crippen MR) is 93.0 cm³/mol. The van der Waals surface area contributed by atoms with Gasteiger partial charge in [0.15, 0.2) is 11.5 Å². The van der Waals surface area contributed by atoms with Crippen LogP contribution in [0, 0.1) is 6.92 Å². The van der Waals surface area contributed by atoms with Crippen LogP contribution < -0.4 is 14.8 Å². The van der Waals surface area contributed by atoms with E-state index < -0.39 is 5.97 Å². The quantitative estimate of drug-likeness (QED) is 0.651. The number of esters is 1. The van der Waals surface area contributed by atoms with E-state index in [-0.39, 0.29) is 24.9 Å². The maximum absolute atomic E-state index is 12.1. The third kappa shape index (κ3) is 3.80. The van der Waals surface area contributed by atoms with Gasteiger partial charge in [-0.1, -0.05) is 6.07 Å². The number of carbonyl (C=O) groups is 2. The van der Waals surface area contributed by atoms with Gasteiger partial charge in [0.05, 0.1) is 12.3 Å². The first-order valence-corrected chi connectivity index (χ1v) is 8.38. The monoisotopic (exact) mass is 360 g/mol. The summed E-state index contributed by atoms with van der Waals surface area (Å²) in [5.41, 5.74) is 1.61. The molecular weight excluding hydrogens is 344 g/mol. The molecule has 7 nitrogen and oxygen atoms in total. The molecule has 1 aromatic carbocycles. The first-order valence-electron chi connectivity index (χ1n) is 7.60. The number of hydrogen-bond donors (Lipinski definition) is 1. The normalized spacial score (nSPS) is 12.4. The Bertz CT molecular complexity index is 844. The molecule has 130 valence electrons. The summed E-state index contributed by atoms with van der Waals surface area (Å²) in [6.45, 7) is 3.87. The molecule has 0 fully saturated rings. The molecule has 0 saturated heterocycles. The van der Waals surface area contributed by atoms with Crippen LogP contribution in [0.1, 0.15) is 28.5 Å². The van der Waals surface area contributed by atoms with Crippen molar-refractivity contribution in [3.63, 3.8) is 0 Å². The third-order valence-corrected chi connectivity index (χ3v) is 4.26. The number of hydrogen-bond acceptors (Lipinski definition) is 7. The average molecular weight is 360 g/mol. The van der Waals surface area contributed by atoms with Gasteiger partial charge in [-0.15, -0.1) is 0 Å². The van der Waals surface area contributed by atoms with Crippen LogP contribution in [0.25, 0.3) is 6.08 Å². The molecule has 1 amide bonds. The van der Waals surface area contributed by atoms with Crippen molar-refractivity contribution in [1.29, 1.82) is 0 Å². The van der Waals surface area contributed by atoms with Crippen molar-refractivity contribution >= 4 is 34.5 Å². The topological polar surface area (TPSA) is 86.8 Å². The number of fused-ring (bicyclic) bond motifs is 1. The van der Waals surface area contributed by atoms with Crippen LogP contribution in [-0.4, -0.2) is 29.6 Å². The highest BCUT2D eigenvalue weighted by Gasteiger charge is 2.20. The SMILES string of the molecule is CCOC(=O)c1c(C)nsc1NC(=O)C=Cc1ccc2c(c1)OCO2. The molecule has 0 aliphatic carbocycles. The Morgan fingerprint density at radius 2 is 2.16 bits per heavy atom. The standard InChI is InChI=1S/C17H16N2O5S/c1-3-22-17(21)15-10(2)19-25-16(15)18-14(20)7-5-11-4-6-12-13(8-11)24-9-23-12/h4-8H,3,9H2,1-2H3,(H,18,20). The Kier molecular flexibility index (Phi) is 4.99. The lowest BCUT2D eigenvalue weighted by Gasteiger charge is -2.04. The van der Waals surface area contributed by atoms with E-state index in [1.54, 1.807) is 32.1 Å². The van der Waals surface area contributed by atoms with Crippen LogP contribution in [0.15, 0.2) is 24.3 Å². The van der Waals surface area contributed by atoms with E-state index in [0.29, 0.717) is 22.2 Å². The van der Waals surface area contributed by atoms with Crippen LogP contribution in [0.3, 0.4) is 0 Å². The highest BCUT2D eigenvalue weighted by molar-refractivity contribution is 7.11. The highest BCUT2D eigenvalue weighted by atomic mass is 32.1. The number of aryl methyl sites for hydroxylation is 1. The summed E-state index contributed by atoms with van der Waals surface area (Å²) in [5.74, 6) is 0.460.